The van der Waals surface area contributed by atoms with Gasteiger partial charge in [0.2, 0.25) is 0 Å². The van der Waals surface area contributed by atoms with Gasteiger partial charge in [0.25, 0.3) is 0 Å². The zero-order valence-corrected chi connectivity index (χ0v) is 13.9. The van der Waals surface area contributed by atoms with Gasteiger partial charge in [-0.05, 0) is 39.8 Å². The molecule has 0 aromatic carbocycles. The molecule has 0 heterocycles. The van der Waals surface area contributed by atoms with Crippen molar-refractivity contribution in [3.8, 4) is 0 Å². The van der Waals surface area contributed by atoms with Gasteiger partial charge in [-0.15, -0.1) is 0 Å². The summed E-state index contributed by atoms with van der Waals surface area (Å²) >= 11 is 0. The number of carboxylic acid groups (broad SMARTS) is 2. The standard InChI is InChI=1S/2C5H8O2.Ba/c2*1-4(2)3-5(6)7;/h2*3H,1-2H3,(H,6,7);/q;;+2/p-2. The van der Waals surface area contributed by atoms with Crippen molar-refractivity contribution in [2.75, 3.05) is 0 Å². The van der Waals surface area contributed by atoms with E-state index in [2.05, 4.69) is 0 Å². The Bertz CT molecular complexity index is 231. The van der Waals surface area contributed by atoms with Crippen LogP contribution in [-0.2, 0) is 9.59 Å². The van der Waals surface area contributed by atoms with Gasteiger partial charge in [0.1, 0.15) is 0 Å². The van der Waals surface area contributed by atoms with Crippen LogP contribution in [0, 0.1) is 0 Å². The minimum Gasteiger partial charge on any atom is -0.545 e. The molecule has 0 atom stereocenters. The van der Waals surface area contributed by atoms with Crippen molar-refractivity contribution in [3.63, 3.8) is 0 Å². The van der Waals surface area contributed by atoms with Crippen LogP contribution >= 0.6 is 0 Å². The Morgan fingerprint density at radius 1 is 0.800 bits per heavy atom. The molecule has 15 heavy (non-hydrogen) atoms. The molecule has 4 nitrogen and oxygen atoms in total. The molecular formula is C10H14BaO4. The monoisotopic (exact) mass is 336 g/mol. The largest absolute Gasteiger partial charge is 2.00 e. The van der Waals surface area contributed by atoms with E-state index in [9.17, 15) is 19.8 Å². The molecule has 0 aliphatic rings. The maximum absolute atomic E-state index is 9.62. The first-order valence-corrected chi connectivity index (χ1v) is 3.97. The molecule has 0 aromatic heterocycles. The second-order valence-electron chi connectivity index (χ2n) is 3.08. The quantitative estimate of drug-likeness (QED) is 0.480. The summed E-state index contributed by atoms with van der Waals surface area (Å²) in [6.45, 7) is 6.82. The van der Waals surface area contributed by atoms with Crippen molar-refractivity contribution >= 4 is 60.8 Å². The molecule has 0 rings (SSSR count). The molecule has 0 radical (unpaired) electrons. The summed E-state index contributed by atoms with van der Waals surface area (Å²) in [4.78, 5) is 19.2. The van der Waals surface area contributed by atoms with Crippen molar-refractivity contribution < 1.29 is 19.8 Å². The second kappa shape index (κ2) is 12.1. The van der Waals surface area contributed by atoms with Crippen molar-refractivity contribution in [2.24, 2.45) is 0 Å². The topological polar surface area (TPSA) is 80.3 Å². The molecule has 80 valence electrons. The Morgan fingerprint density at radius 2 is 1.00 bits per heavy atom. The van der Waals surface area contributed by atoms with Crippen LogP contribution in [0.3, 0.4) is 0 Å². The number of allylic oxidation sites excluding steroid dienone is 2. The van der Waals surface area contributed by atoms with Crippen LogP contribution < -0.4 is 10.2 Å². The summed E-state index contributed by atoms with van der Waals surface area (Å²) in [6.07, 6.45) is 2.11. The first-order valence-electron chi connectivity index (χ1n) is 3.97. The molecule has 0 spiro atoms. The van der Waals surface area contributed by atoms with Crippen molar-refractivity contribution in [1.29, 1.82) is 0 Å². The predicted octanol–water partition coefficient (Wildman–Crippen LogP) is -0.976. The third kappa shape index (κ3) is 31.5. The SMILES string of the molecule is CC(C)=CC(=O)[O-].CC(C)=CC(=O)[O-].[Ba+2]. The summed E-state index contributed by atoms with van der Waals surface area (Å²) in [5.41, 5.74) is 1.50. The molecule has 0 saturated heterocycles. The fourth-order valence-electron chi connectivity index (χ4n) is 0.471. The van der Waals surface area contributed by atoms with Crippen LogP contribution in [0.2, 0.25) is 0 Å². The average Bonchev–Trinajstić information content (AvgIpc) is 1.79. The van der Waals surface area contributed by atoms with Gasteiger partial charge in [-0.3, -0.25) is 0 Å². The van der Waals surface area contributed by atoms with E-state index in [-0.39, 0.29) is 48.9 Å². The molecule has 0 bridgehead atoms. The molecule has 0 aliphatic heterocycles. The van der Waals surface area contributed by atoms with E-state index in [1.165, 1.54) is 0 Å². The molecule has 0 aliphatic carbocycles. The minimum absolute atomic E-state index is 0. The predicted molar refractivity (Wildman–Crippen MR) is 54.6 cm³/mol. The Labute approximate surface area is 130 Å². The Morgan fingerprint density at radius 3 is 1.00 bits per heavy atom. The molecule has 0 N–H and O–H groups in total. The number of carboxylic acids is 2. The van der Waals surface area contributed by atoms with E-state index < -0.39 is 11.9 Å². The van der Waals surface area contributed by atoms with E-state index in [0.717, 1.165) is 23.3 Å². The van der Waals surface area contributed by atoms with Crippen LogP contribution in [0.4, 0.5) is 0 Å². The Kier molecular flexibility index (Phi) is 16.4. The van der Waals surface area contributed by atoms with Crippen LogP contribution in [0.5, 0.6) is 0 Å². The average molecular weight is 336 g/mol. The fourth-order valence-corrected chi connectivity index (χ4v) is 0.471. The Balaban J connectivity index is -0.000000180. The number of carbonyl (C=O) groups is 2. The van der Waals surface area contributed by atoms with Gasteiger partial charge in [0.15, 0.2) is 0 Å². The van der Waals surface area contributed by atoms with Gasteiger partial charge in [-0.1, -0.05) is 11.1 Å². The summed E-state index contributed by atoms with van der Waals surface area (Å²) < 4.78 is 0. The van der Waals surface area contributed by atoms with Crippen LogP contribution in [0.1, 0.15) is 27.7 Å². The number of hydrogen-bond acceptors (Lipinski definition) is 4. The van der Waals surface area contributed by atoms with E-state index >= 15 is 0 Å². The van der Waals surface area contributed by atoms with Gasteiger partial charge in [-0.2, -0.15) is 0 Å². The maximum Gasteiger partial charge on any atom is 2.00 e. The molecular weight excluding hydrogens is 321 g/mol. The zero-order chi connectivity index (χ0) is 11.7. The minimum atomic E-state index is -1.12. The summed E-state index contributed by atoms with van der Waals surface area (Å²) in [5, 5.41) is 19.2. The van der Waals surface area contributed by atoms with Crippen LogP contribution in [-0.4, -0.2) is 60.8 Å². The number of hydrogen-bond donors (Lipinski definition) is 0. The molecule has 0 unspecified atom stereocenters. The fraction of sp³-hybridized carbons (Fsp3) is 0.400. The molecule has 0 aromatic rings. The molecule has 0 fully saturated rings. The molecule has 0 amide bonds. The van der Waals surface area contributed by atoms with Gasteiger partial charge in [-0.25, -0.2) is 0 Å². The van der Waals surface area contributed by atoms with E-state index in [1.54, 1.807) is 27.7 Å². The van der Waals surface area contributed by atoms with Gasteiger partial charge in [0.05, 0.1) is 11.9 Å². The second-order valence-corrected chi connectivity index (χ2v) is 3.08. The third-order valence-electron chi connectivity index (χ3n) is 0.813. The van der Waals surface area contributed by atoms with Crippen LogP contribution in [0.15, 0.2) is 23.3 Å². The number of aliphatic carboxylic acids is 2. The van der Waals surface area contributed by atoms with Crippen molar-refractivity contribution in [1.82, 2.24) is 0 Å². The van der Waals surface area contributed by atoms with E-state index in [0.29, 0.717) is 0 Å². The number of rotatable bonds is 2. The summed E-state index contributed by atoms with van der Waals surface area (Å²) in [7, 11) is 0. The van der Waals surface area contributed by atoms with E-state index in [1.807, 2.05) is 0 Å². The van der Waals surface area contributed by atoms with E-state index in [4.69, 9.17) is 0 Å². The summed E-state index contributed by atoms with van der Waals surface area (Å²) in [5.74, 6) is -2.25. The van der Waals surface area contributed by atoms with Gasteiger partial charge >= 0.3 is 48.9 Å². The van der Waals surface area contributed by atoms with Crippen molar-refractivity contribution in [3.05, 3.63) is 23.3 Å². The first-order chi connectivity index (χ1) is 6.25. The number of carbonyl (C=O) groups excluding carboxylic acids is 2. The molecule has 5 heteroatoms. The zero-order valence-electron chi connectivity index (χ0n) is 9.49. The van der Waals surface area contributed by atoms with Crippen LogP contribution in [0.25, 0.3) is 0 Å². The van der Waals surface area contributed by atoms with Gasteiger partial charge < -0.3 is 19.8 Å². The van der Waals surface area contributed by atoms with Gasteiger partial charge in [0, 0.05) is 0 Å². The first kappa shape index (κ1) is 20.4. The summed E-state index contributed by atoms with van der Waals surface area (Å²) in [6, 6.07) is 0. The normalized spacial score (nSPS) is 7.20. The smallest absolute Gasteiger partial charge is 0.545 e. The van der Waals surface area contributed by atoms with Crippen molar-refractivity contribution in [2.45, 2.75) is 27.7 Å². The Hall–Kier alpha value is -0.00857. The maximum atomic E-state index is 9.62. The third-order valence-corrected chi connectivity index (χ3v) is 0.813. The molecule has 0 saturated carbocycles.